The number of anilines is 1. The molecule has 13 heteroatoms. The second kappa shape index (κ2) is 16.4. The van der Waals surface area contributed by atoms with E-state index in [-0.39, 0.29) is 35.0 Å². The Morgan fingerprint density at radius 1 is 0.959 bits per heavy atom. The Kier molecular flexibility index (Phi) is 12.4. The lowest BCUT2D eigenvalue weighted by Crippen LogP contribution is -2.53. The zero-order valence-corrected chi connectivity index (χ0v) is 29.3. The number of halogens is 1. The predicted molar refractivity (Wildman–Crippen MR) is 189 cm³/mol. The number of rotatable bonds is 15. The smallest absolute Gasteiger partial charge is 0.273 e. The van der Waals surface area contributed by atoms with Crippen LogP contribution in [0.1, 0.15) is 35.6 Å². The van der Waals surface area contributed by atoms with Crippen LogP contribution in [0.2, 0.25) is 5.02 Å². The third kappa shape index (κ3) is 8.95. The largest absolute Gasteiger partial charge is 0.495 e. The van der Waals surface area contributed by atoms with E-state index in [2.05, 4.69) is 5.32 Å². The Labute approximate surface area is 291 Å². The van der Waals surface area contributed by atoms with Crippen LogP contribution in [0.15, 0.2) is 95.9 Å². The van der Waals surface area contributed by atoms with Crippen molar-refractivity contribution in [3.8, 4) is 5.75 Å². The summed E-state index contributed by atoms with van der Waals surface area (Å²) in [4.78, 5) is 40.6. The van der Waals surface area contributed by atoms with E-state index in [9.17, 15) is 28.1 Å². The first-order valence-corrected chi connectivity index (χ1v) is 17.5. The van der Waals surface area contributed by atoms with E-state index in [1.165, 1.54) is 49.3 Å². The maximum Gasteiger partial charge on any atom is 0.273 e. The van der Waals surface area contributed by atoms with Crippen molar-refractivity contribution in [1.82, 2.24) is 10.2 Å². The summed E-state index contributed by atoms with van der Waals surface area (Å²) in [5, 5.41) is 14.9. The van der Waals surface area contributed by atoms with Gasteiger partial charge in [-0.2, -0.15) is 0 Å². The summed E-state index contributed by atoms with van der Waals surface area (Å²) in [6, 6.07) is 23.5. The summed E-state index contributed by atoms with van der Waals surface area (Å²) in [6.07, 6.45) is 0.824. The van der Waals surface area contributed by atoms with Gasteiger partial charge in [-0.05, 0) is 61.2 Å². The number of aryl methyl sites for hydroxylation is 2. The standard InChI is InChI=1S/C36H39ClN4O7S/c1-5-19-38-36(43)33(20-27-12-7-6-8-13-27)39(23-28-14-10-9-11-25(28)2)35(42)24-40(32-21-29(37)16-18-34(32)48-4)49(46,47)30-17-15-26(3)31(22-30)41(44)45/h6-18,21-22,33H,5,19-20,23-24H2,1-4H3,(H,38,43). The van der Waals surface area contributed by atoms with E-state index < -0.39 is 49.9 Å². The molecule has 0 saturated carbocycles. The van der Waals surface area contributed by atoms with Gasteiger partial charge in [0.05, 0.1) is 22.6 Å². The molecule has 0 spiro atoms. The molecule has 11 nitrogen and oxygen atoms in total. The van der Waals surface area contributed by atoms with Gasteiger partial charge in [0.15, 0.2) is 0 Å². The monoisotopic (exact) mass is 706 g/mol. The molecule has 0 aliphatic carbocycles. The van der Waals surface area contributed by atoms with Crippen LogP contribution in [0.3, 0.4) is 0 Å². The number of benzene rings is 4. The van der Waals surface area contributed by atoms with Gasteiger partial charge in [0.25, 0.3) is 15.7 Å². The molecule has 0 aliphatic heterocycles. The third-order valence-electron chi connectivity index (χ3n) is 8.08. The number of carbonyl (C=O) groups is 2. The van der Waals surface area contributed by atoms with Gasteiger partial charge in [-0.3, -0.25) is 24.0 Å². The molecule has 4 aromatic carbocycles. The zero-order chi connectivity index (χ0) is 35.7. The highest BCUT2D eigenvalue weighted by molar-refractivity contribution is 7.92. The fourth-order valence-electron chi connectivity index (χ4n) is 5.34. The first-order chi connectivity index (χ1) is 23.4. The first kappa shape index (κ1) is 36.9. The van der Waals surface area contributed by atoms with Gasteiger partial charge in [-0.25, -0.2) is 8.42 Å². The molecule has 0 aromatic heterocycles. The molecule has 49 heavy (non-hydrogen) atoms. The molecule has 4 rings (SSSR count). The molecule has 1 atom stereocenters. The predicted octanol–water partition coefficient (Wildman–Crippen LogP) is 6.24. The highest BCUT2D eigenvalue weighted by Crippen LogP contribution is 2.36. The molecule has 2 amide bonds. The molecule has 0 fully saturated rings. The fourth-order valence-corrected chi connectivity index (χ4v) is 6.94. The van der Waals surface area contributed by atoms with Crippen LogP contribution in [0, 0.1) is 24.0 Å². The van der Waals surface area contributed by atoms with E-state index in [1.807, 2.05) is 68.4 Å². The zero-order valence-electron chi connectivity index (χ0n) is 27.8. The van der Waals surface area contributed by atoms with Crippen LogP contribution in [-0.2, 0) is 32.6 Å². The highest BCUT2D eigenvalue weighted by atomic mass is 35.5. The van der Waals surface area contributed by atoms with Crippen molar-refractivity contribution in [1.29, 1.82) is 0 Å². The number of hydrogen-bond acceptors (Lipinski definition) is 7. The van der Waals surface area contributed by atoms with Crippen LogP contribution in [0.4, 0.5) is 11.4 Å². The average molecular weight is 707 g/mol. The number of hydrogen-bond donors (Lipinski definition) is 1. The summed E-state index contributed by atoms with van der Waals surface area (Å²) in [7, 11) is -3.32. The number of nitro benzene ring substituents is 1. The molecule has 1 N–H and O–H groups in total. The van der Waals surface area contributed by atoms with E-state index in [1.54, 1.807) is 0 Å². The lowest BCUT2D eigenvalue weighted by molar-refractivity contribution is -0.385. The summed E-state index contributed by atoms with van der Waals surface area (Å²) in [5.74, 6) is -0.992. The van der Waals surface area contributed by atoms with Gasteiger partial charge >= 0.3 is 0 Å². The SMILES string of the molecule is CCCNC(=O)C(Cc1ccccc1)N(Cc1ccccc1C)C(=O)CN(c1cc(Cl)ccc1OC)S(=O)(=O)c1ccc(C)c([N+](=O)[O-])c1. The molecular formula is C36H39ClN4O7S. The normalized spacial score (nSPS) is 11.8. The van der Waals surface area contributed by atoms with Gasteiger partial charge in [-0.1, -0.05) is 79.2 Å². The van der Waals surface area contributed by atoms with Crippen molar-refractivity contribution >= 4 is 44.8 Å². The number of nitro groups is 1. The summed E-state index contributed by atoms with van der Waals surface area (Å²) in [5.41, 5.74) is 2.24. The Balaban J connectivity index is 1.89. The van der Waals surface area contributed by atoms with E-state index in [4.69, 9.17) is 16.3 Å². The molecule has 0 heterocycles. The van der Waals surface area contributed by atoms with Crippen LogP contribution >= 0.6 is 11.6 Å². The van der Waals surface area contributed by atoms with Gasteiger partial charge in [0.2, 0.25) is 11.8 Å². The van der Waals surface area contributed by atoms with Crippen molar-refractivity contribution in [3.05, 3.63) is 128 Å². The maximum atomic E-state index is 14.7. The number of carbonyl (C=O) groups excluding carboxylic acids is 2. The molecule has 0 aliphatic rings. The number of nitrogens with one attached hydrogen (secondary N) is 1. The number of methoxy groups -OCH3 is 1. The lowest BCUT2D eigenvalue weighted by atomic mass is 10.0. The summed E-state index contributed by atoms with van der Waals surface area (Å²) >= 11 is 6.34. The Morgan fingerprint density at radius 3 is 2.31 bits per heavy atom. The van der Waals surface area contributed by atoms with Gasteiger partial charge in [-0.15, -0.1) is 0 Å². The second-order valence-corrected chi connectivity index (χ2v) is 13.8. The van der Waals surface area contributed by atoms with E-state index >= 15 is 0 Å². The van der Waals surface area contributed by atoms with Gasteiger partial charge < -0.3 is 15.0 Å². The number of amides is 2. The Morgan fingerprint density at radius 2 is 1.65 bits per heavy atom. The maximum absolute atomic E-state index is 14.7. The Bertz CT molecular complexity index is 1920. The topological polar surface area (TPSA) is 139 Å². The van der Waals surface area contributed by atoms with Gasteiger partial charge in [0.1, 0.15) is 18.3 Å². The van der Waals surface area contributed by atoms with Crippen molar-refractivity contribution < 1.29 is 27.7 Å². The quantitative estimate of drug-likeness (QED) is 0.114. The Hall–Kier alpha value is -4.94. The highest BCUT2D eigenvalue weighted by Gasteiger charge is 2.36. The van der Waals surface area contributed by atoms with Crippen LogP contribution in [0.25, 0.3) is 0 Å². The molecule has 0 saturated heterocycles. The van der Waals surface area contributed by atoms with Gasteiger partial charge in [0, 0.05) is 36.2 Å². The van der Waals surface area contributed by atoms with Crippen LogP contribution < -0.4 is 14.4 Å². The first-order valence-electron chi connectivity index (χ1n) is 15.6. The minimum atomic E-state index is -4.66. The van der Waals surface area contributed by atoms with E-state index in [0.29, 0.717) is 13.0 Å². The molecule has 258 valence electrons. The minimum absolute atomic E-state index is 0.000869. The van der Waals surface area contributed by atoms with Crippen LogP contribution in [0.5, 0.6) is 5.75 Å². The van der Waals surface area contributed by atoms with Crippen molar-refractivity contribution in [3.63, 3.8) is 0 Å². The van der Waals surface area contributed by atoms with E-state index in [0.717, 1.165) is 27.1 Å². The summed E-state index contributed by atoms with van der Waals surface area (Å²) < 4.78 is 35.2. The van der Waals surface area contributed by atoms with Crippen molar-refractivity contribution in [2.45, 2.75) is 51.1 Å². The second-order valence-electron chi connectivity index (χ2n) is 11.5. The molecule has 1 unspecified atom stereocenters. The van der Waals surface area contributed by atoms with Crippen molar-refractivity contribution in [2.24, 2.45) is 0 Å². The number of nitrogens with zero attached hydrogens (tertiary/aromatic N) is 3. The minimum Gasteiger partial charge on any atom is -0.495 e. The number of sulfonamides is 1. The molecule has 0 bridgehead atoms. The van der Waals surface area contributed by atoms with Crippen molar-refractivity contribution in [2.75, 3.05) is 24.5 Å². The molecular weight excluding hydrogens is 668 g/mol. The molecule has 4 aromatic rings. The third-order valence-corrected chi connectivity index (χ3v) is 10.1. The fraction of sp³-hybridized carbons (Fsp3) is 0.278. The van der Waals surface area contributed by atoms with Crippen LogP contribution in [-0.4, -0.2) is 56.3 Å². The average Bonchev–Trinajstić information content (AvgIpc) is 3.08. The molecule has 0 radical (unpaired) electrons. The number of ether oxygens (including phenoxy) is 1. The summed E-state index contributed by atoms with van der Waals surface area (Å²) in [6.45, 7) is 4.90. The lowest BCUT2D eigenvalue weighted by Gasteiger charge is -2.34.